The van der Waals surface area contributed by atoms with Crippen molar-refractivity contribution in [2.75, 3.05) is 17.2 Å². The van der Waals surface area contributed by atoms with Gasteiger partial charge in [-0.1, -0.05) is 46.3 Å². The van der Waals surface area contributed by atoms with Gasteiger partial charge in [-0.15, -0.1) is 10.2 Å². The van der Waals surface area contributed by atoms with Gasteiger partial charge in [0.05, 0.1) is 20.7 Å². The molecule has 0 fully saturated rings. The number of aromatic nitrogens is 2. The van der Waals surface area contributed by atoms with Crippen LogP contribution in [0.2, 0.25) is 10.0 Å². The number of hydrogen-bond acceptors (Lipinski definition) is 6. The third-order valence-corrected chi connectivity index (χ3v) is 6.28. The second kappa shape index (κ2) is 6.90. The van der Waals surface area contributed by atoms with E-state index < -0.39 is 10.8 Å². The van der Waals surface area contributed by atoms with Gasteiger partial charge >= 0.3 is 0 Å². The summed E-state index contributed by atoms with van der Waals surface area (Å²) in [4.78, 5) is 0.562. The first-order valence-electron chi connectivity index (χ1n) is 5.11. The quantitative estimate of drug-likeness (QED) is 0.834. The van der Waals surface area contributed by atoms with E-state index in [4.69, 9.17) is 28.9 Å². The van der Waals surface area contributed by atoms with Crippen LogP contribution >= 0.6 is 46.3 Å². The normalized spacial score (nSPS) is 12.5. The second-order valence-electron chi connectivity index (χ2n) is 3.38. The lowest BCUT2D eigenvalue weighted by molar-refractivity contribution is 0.684. The summed E-state index contributed by atoms with van der Waals surface area (Å²) < 4.78 is 12.9. The second-order valence-corrected chi connectivity index (χ2v) is 8.11. The smallest absolute Gasteiger partial charge is 0.203 e. The van der Waals surface area contributed by atoms with Gasteiger partial charge in [-0.05, 0) is 18.2 Å². The van der Waals surface area contributed by atoms with Crippen LogP contribution in [0.25, 0.3) is 0 Å². The molecule has 0 saturated heterocycles. The number of nitrogens with zero attached hydrogens (tertiary/aromatic N) is 2. The Kier molecular flexibility index (Phi) is 5.47. The molecular weight excluding hydrogens is 345 g/mol. The molecule has 0 amide bonds. The van der Waals surface area contributed by atoms with E-state index in [1.807, 2.05) is 0 Å². The summed E-state index contributed by atoms with van der Waals surface area (Å²) in [6.07, 6.45) is 0. The van der Waals surface area contributed by atoms with Crippen molar-refractivity contribution in [2.24, 2.45) is 0 Å². The van der Waals surface area contributed by atoms with Crippen molar-refractivity contribution in [2.45, 2.75) is 9.24 Å². The molecule has 102 valence electrons. The highest BCUT2D eigenvalue weighted by atomic mass is 35.5. The Hall–Kier alpha value is -0.340. The Bertz CT molecular complexity index is 605. The van der Waals surface area contributed by atoms with Crippen LogP contribution in [0.4, 0.5) is 5.13 Å². The summed E-state index contributed by atoms with van der Waals surface area (Å²) in [5.41, 5.74) is 5.48. The van der Waals surface area contributed by atoms with Crippen LogP contribution < -0.4 is 5.73 Å². The molecule has 4 nitrogen and oxygen atoms in total. The molecule has 1 atom stereocenters. The predicted octanol–water partition coefficient (Wildman–Crippen LogP) is 3.33. The molecule has 1 aromatic heterocycles. The minimum absolute atomic E-state index is 0.432. The average Bonchev–Trinajstić information content (AvgIpc) is 2.78. The highest BCUT2D eigenvalue weighted by Crippen LogP contribution is 2.26. The molecule has 0 aliphatic heterocycles. The van der Waals surface area contributed by atoms with Crippen LogP contribution in [-0.4, -0.2) is 25.9 Å². The zero-order valence-electron chi connectivity index (χ0n) is 9.51. The molecule has 1 unspecified atom stereocenters. The molecule has 1 heterocycles. The van der Waals surface area contributed by atoms with Crippen LogP contribution in [0, 0.1) is 0 Å². The molecule has 0 radical (unpaired) electrons. The van der Waals surface area contributed by atoms with E-state index in [-0.39, 0.29) is 0 Å². The monoisotopic (exact) mass is 353 g/mol. The Morgan fingerprint density at radius 2 is 2.16 bits per heavy atom. The summed E-state index contributed by atoms with van der Waals surface area (Å²) in [6, 6.07) is 4.95. The lowest BCUT2D eigenvalue weighted by atomic mass is 10.4. The van der Waals surface area contributed by atoms with E-state index in [0.717, 1.165) is 4.34 Å². The third-order valence-electron chi connectivity index (χ3n) is 2.05. The molecule has 0 spiro atoms. The largest absolute Gasteiger partial charge is 0.374 e. The van der Waals surface area contributed by atoms with E-state index in [0.29, 0.717) is 31.6 Å². The molecule has 2 rings (SSSR count). The molecule has 0 aliphatic carbocycles. The van der Waals surface area contributed by atoms with Gasteiger partial charge < -0.3 is 5.73 Å². The number of nitrogen functional groups attached to an aromatic ring is 1. The van der Waals surface area contributed by atoms with Gasteiger partial charge in [-0.3, -0.25) is 4.21 Å². The molecule has 19 heavy (non-hydrogen) atoms. The minimum atomic E-state index is -1.18. The maximum absolute atomic E-state index is 12.1. The minimum Gasteiger partial charge on any atom is -0.374 e. The summed E-state index contributed by atoms with van der Waals surface area (Å²) in [5.74, 6) is 1.11. The number of anilines is 1. The van der Waals surface area contributed by atoms with Crippen LogP contribution in [-0.2, 0) is 10.8 Å². The lowest BCUT2D eigenvalue weighted by Gasteiger charge is -2.04. The first-order valence-corrected chi connectivity index (χ1v) is 8.99. The van der Waals surface area contributed by atoms with Crippen LogP contribution in [0.3, 0.4) is 0 Å². The lowest BCUT2D eigenvalue weighted by Crippen LogP contribution is -2.01. The van der Waals surface area contributed by atoms with Crippen LogP contribution in [0.1, 0.15) is 0 Å². The van der Waals surface area contributed by atoms with Gasteiger partial charge in [0.2, 0.25) is 5.13 Å². The summed E-state index contributed by atoms with van der Waals surface area (Å²) in [5, 5.41) is 9.01. The fourth-order valence-electron chi connectivity index (χ4n) is 1.25. The molecule has 0 saturated carbocycles. The van der Waals surface area contributed by atoms with Crippen molar-refractivity contribution < 1.29 is 4.21 Å². The highest BCUT2D eigenvalue weighted by molar-refractivity contribution is 8.01. The van der Waals surface area contributed by atoms with Gasteiger partial charge in [0, 0.05) is 16.5 Å². The van der Waals surface area contributed by atoms with Gasteiger partial charge in [-0.25, -0.2) is 0 Å². The molecule has 2 N–H and O–H groups in total. The fourth-order valence-corrected chi connectivity index (χ4v) is 4.92. The van der Waals surface area contributed by atoms with E-state index in [1.165, 1.54) is 23.1 Å². The molecular formula is C10H9Cl2N3OS3. The number of nitrogens with two attached hydrogens (primary N) is 1. The van der Waals surface area contributed by atoms with Crippen LogP contribution in [0.15, 0.2) is 27.4 Å². The third kappa shape index (κ3) is 4.32. The maximum Gasteiger partial charge on any atom is 0.203 e. The number of benzene rings is 1. The van der Waals surface area contributed by atoms with Crippen molar-refractivity contribution >= 4 is 62.2 Å². The average molecular weight is 354 g/mol. The first-order chi connectivity index (χ1) is 9.06. The maximum atomic E-state index is 12.1. The number of thioether (sulfide) groups is 1. The fraction of sp³-hybridized carbons (Fsp3) is 0.200. The summed E-state index contributed by atoms with van der Waals surface area (Å²) in [6.45, 7) is 0. The highest BCUT2D eigenvalue weighted by Gasteiger charge is 2.10. The van der Waals surface area contributed by atoms with Gasteiger partial charge in [0.1, 0.15) is 0 Å². The molecule has 0 bridgehead atoms. The first kappa shape index (κ1) is 15.1. The van der Waals surface area contributed by atoms with Crippen molar-refractivity contribution in [3.8, 4) is 0 Å². The zero-order valence-corrected chi connectivity index (χ0v) is 13.5. The summed E-state index contributed by atoms with van der Waals surface area (Å²) >= 11 is 14.6. The number of halogens is 2. The Labute approximate surface area is 131 Å². The summed E-state index contributed by atoms with van der Waals surface area (Å²) in [7, 11) is -1.18. The van der Waals surface area contributed by atoms with Gasteiger partial charge in [-0.2, -0.15) is 0 Å². The van der Waals surface area contributed by atoms with Crippen LogP contribution in [0.5, 0.6) is 0 Å². The predicted molar refractivity (Wildman–Crippen MR) is 82.8 cm³/mol. The van der Waals surface area contributed by atoms with E-state index in [1.54, 1.807) is 18.2 Å². The Balaban J connectivity index is 1.92. The van der Waals surface area contributed by atoms with Crippen molar-refractivity contribution in [3.63, 3.8) is 0 Å². The molecule has 9 heteroatoms. The Morgan fingerprint density at radius 3 is 2.84 bits per heavy atom. The number of hydrogen-bond donors (Lipinski definition) is 1. The van der Waals surface area contributed by atoms with Crippen molar-refractivity contribution in [1.29, 1.82) is 0 Å². The van der Waals surface area contributed by atoms with E-state index >= 15 is 0 Å². The number of rotatable bonds is 5. The van der Waals surface area contributed by atoms with Crippen molar-refractivity contribution in [1.82, 2.24) is 10.2 Å². The topological polar surface area (TPSA) is 68.9 Å². The zero-order chi connectivity index (χ0) is 13.8. The SMILES string of the molecule is Nc1nnc(SCCS(=O)c2cc(Cl)ccc2Cl)s1. The van der Waals surface area contributed by atoms with Gasteiger partial charge in [0.25, 0.3) is 0 Å². The van der Waals surface area contributed by atoms with E-state index in [9.17, 15) is 4.21 Å². The molecule has 0 aliphatic rings. The standard InChI is InChI=1S/C10H9Cl2N3OS3/c11-6-1-2-7(12)8(5-6)19(16)4-3-17-10-15-14-9(13)18-10/h1-2,5H,3-4H2,(H2,13,14). The van der Waals surface area contributed by atoms with E-state index in [2.05, 4.69) is 10.2 Å². The van der Waals surface area contributed by atoms with Gasteiger partial charge in [0.15, 0.2) is 4.34 Å². The molecule has 1 aromatic carbocycles. The van der Waals surface area contributed by atoms with Crippen molar-refractivity contribution in [3.05, 3.63) is 28.2 Å². The Morgan fingerprint density at radius 1 is 1.37 bits per heavy atom. The molecule has 2 aromatic rings.